The first-order chi connectivity index (χ1) is 18.8. The molecule has 0 fully saturated rings. The molecule has 0 N–H and O–H groups in total. The van der Waals surface area contributed by atoms with Crippen LogP contribution in [0.3, 0.4) is 0 Å². The minimum absolute atomic E-state index is 0.664. The van der Waals surface area contributed by atoms with Gasteiger partial charge in [-0.15, -0.1) is 0 Å². The van der Waals surface area contributed by atoms with Crippen molar-refractivity contribution in [3.8, 4) is 45.3 Å². The van der Waals surface area contributed by atoms with Gasteiger partial charge in [0.1, 0.15) is 0 Å². The van der Waals surface area contributed by atoms with Crippen molar-refractivity contribution < 1.29 is 0 Å². The molecule has 0 spiro atoms. The molecule has 0 aliphatic rings. The van der Waals surface area contributed by atoms with Gasteiger partial charge in [0.15, 0.2) is 17.5 Å². The molecule has 1 heterocycles. The van der Waals surface area contributed by atoms with Crippen molar-refractivity contribution in [2.75, 3.05) is 0 Å². The summed E-state index contributed by atoms with van der Waals surface area (Å²) in [6, 6.07) is 48.2. The van der Waals surface area contributed by atoms with E-state index in [-0.39, 0.29) is 0 Å². The van der Waals surface area contributed by atoms with Gasteiger partial charge in [0, 0.05) is 16.7 Å². The summed E-state index contributed by atoms with van der Waals surface area (Å²) in [6.45, 7) is 0. The lowest BCUT2D eigenvalue weighted by molar-refractivity contribution is 1.08. The van der Waals surface area contributed by atoms with E-state index >= 15 is 0 Å². The number of aromatic nitrogens is 3. The number of rotatable bonds is 4. The van der Waals surface area contributed by atoms with E-state index in [1.807, 2.05) is 36.4 Å². The average molecular weight is 486 g/mol. The standard InChI is InChI=1S/C35H23N3/c1-3-10-24(11-4-1)28-20-21-31-29(22-28)16-9-17-32(31)35-37-33(26-13-5-2-6-14-26)36-34(38-35)30-19-18-25-12-7-8-15-27(25)23-30/h1-23H. The predicted molar refractivity (Wildman–Crippen MR) is 157 cm³/mol. The molecule has 0 aliphatic carbocycles. The van der Waals surface area contributed by atoms with Gasteiger partial charge in [0.05, 0.1) is 0 Å². The number of fused-ring (bicyclic) bond motifs is 2. The van der Waals surface area contributed by atoms with Crippen molar-refractivity contribution in [1.29, 1.82) is 0 Å². The minimum atomic E-state index is 0.664. The molecule has 0 bridgehead atoms. The van der Waals surface area contributed by atoms with E-state index in [1.165, 1.54) is 16.5 Å². The lowest BCUT2D eigenvalue weighted by atomic mass is 9.98. The third kappa shape index (κ3) is 4.10. The lowest BCUT2D eigenvalue weighted by Gasteiger charge is -2.11. The first kappa shape index (κ1) is 22.1. The van der Waals surface area contributed by atoms with Crippen molar-refractivity contribution in [3.05, 3.63) is 140 Å². The minimum Gasteiger partial charge on any atom is -0.208 e. The van der Waals surface area contributed by atoms with Crippen LogP contribution in [-0.4, -0.2) is 15.0 Å². The number of benzene rings is 6. The van der Waals surface area contributed by atoms with Gasteiger partial charge in [-0.05, 0) is 44.8 Å². The van der Waals surface area contributed by atoms with Gasteiger partial charge in [0.25, 0.3) is 0 Å². The van der Waals surface area contributed by atoms with E-state index in [1.54, 1.807) is 0 Å². The maximum atomic E-state index is 5.01. The summed E-state index contributed by atoms with van der Waals surface area (Å²) in [7, 11) is 0. The molecule has 3 nitrogen and oxygen atoms in total. The molecule has 0 aliphatic heterocycles. The Morgan fingerprint density at radius 2 is 0.895 bits per heavy atom. The van der Waals surface area contributed by atoms with Gasteiger partial charge in [-0.3, -0.25) is 0 Å². The summed E-state index contributed by atoms with van der Waals surface area (Å²) in [5.41, 5.74) is 5.31. The van der Waals surface area contributed by atoms with Gasteiger partial charge in [-0.1, -0.05) is 127 Å². The molecular formula is C35H23N3. The van der Waals surface area contributed by atoms with Crippen LogP contribution in [0.15, 0.2) is 140 Å². The van der Waals surface area contributed by atoms with Crippen molar-refractivity contribution in [1.82, 2.24) is 15.0 Å². The topological polar surface area (TPSA) is 38.7 Å². The fraction of sp³-hybridized carbons (Fsp3) is 0. The Hall–Kier alpha value is -5.15. The van der Waals surface area contributed by atoms with Crippen molar-refractivity contribution >= 4 is 21.5 Å². The molecule has 0 amide bonds. The van der Waals surface area contributed by atoms with Gasteiger partial charge >= 0.3 is 0 Å². The van der Waals surface area contributed by atoms with Crippen molar-refractivity contribution in [2.24, 2.45) is 0 Å². The second-order valence-electron chi connectivity index (χ2n) is 9.34. The van der Waals surface area contributed by atoms with Crippen LogP contribution in [0.5, 0.6) is 0 Å². The van der Waals surface area contributed by atoms with Crippen LogP contribution in [0.2, 0.25) is 0 Å². The molecule has 0 atom stereocenters. The number of hydrogen-bond donors (Lipinski definition) is 0. The molecule has 1 aromatic heterocycles. The van der Waals surface area contributed by atoms with E-state index in [2.05, 4.69) is 103 Å². The summed E-state index contributed by atoms with van der Waals surface area (Å²) in [6.07, 6.45) is 0. The molecule has 0 saturated heterocycles. The molecule has 0 radical (unpaired) electrons. The smallest absolute Gasteiger partial charge is 0.164 e. The fourth-order valence-corrected chi connectivity index (χ4v) is 4.96. The SMILES string of the molecule is c1ccc(-c2ccc3c(-c4nc(-c5ccccc5)nc(-c5ccc6ccccc6c5)n4)cccc3c2)cc1. The molecule has 3 heteroatoms. The van der Waals surface area contributed by atoms with Gasteiger partial charge in [-0.2, -0.15) is 0 Å². The molecule has 38 heavy (non-hydrogen) atoms. The molecular weight excluding hydrogens is 462 g/mol. The fourth-order valence-electron chi connectivity index (χ4n) is 4.96. The monoisotopic (exact) mass is 485 g/mol. The third-order valence-corrected chi connectivity index (χ3v) is 6.90. The highest BCUT2D eigenvalue weighted by atomic mass is 15.0. The Balaban J connectivity index is 1.42. The van der Waals surface area contributed by atoms with Gasteiger partial charge in [0.2, 0.25) is 0 Å². The molecule has 178 valence electrons. The predicted octanol–water partition coefficient (Wildman–Crippen LogP) is 8.85. The van der Waals surface area contributed by atoms with Crippen LogP contribution in [0.1, 0.15) is 0 Å². The van der Waals surface area contributed by atoms with Crippen LogP contribution < -0.4 is 0 Å². The highest BCUT2D eigenvalue weighted by Crippen LogP contribution is 2.32. The van der Waals surface area contributed by atoms with Gasteiger partial charge < -0.3 is 0 Å². The molecule has 0 unspecified atom stereocenters. The van der Waals surface area contributed by atoms with E-state index in [4.69, 9.17) is 15.0 Å². The summed E-state index contributed by atoms with van der Waals surface area (Å²) < 4.78 is 0. The maximum Gasteiger partial charge on any atom is 0.164 e. The van der Waals surface area contributed by atoms with E-state index in [0.29, 0.717) is 17.5 Å². The zero-order valence-corrected chi connectivity index (χ0v) is 20.6. The zero-order chi connectivity index (χ0) is 25.3. The summed E-state index contributed by atoms with van der Waals surface area (Å²) in [4.78, 5) is 14.9. The quantitative estimate of drug-likeness (QED) is 0.250. The molecule has 7 rings (SSSR count). The second-order valence-corrected chi connectivity index (χ2v) is 9.34. The third-order valence-electron chi connectivity index (χ3n) is 6.90. The average Bonchev–Trinajstić information content (AvgIpc) is 3.01. The number of hydrogen-bond acceptors (Lipinski definition) is 3. The largest absolute Gasteiger partial charge is 0.208 e. The Morgan fingerprint density at radius 3 is 1.68 bits per heavy atom. The Kier molecular flexibility index (Phi) is 5.45. The van der Waals surface area contributed by atoms with Crippen LogP contribution in [0, 0.1) is 0 Å². The molecule has 6 aromatic carbocycles. The highest BCUT2D eigenvalue weighted by Gasteiger charge is 2.15. The summed E-state index contributed by atoms with van der Waals surface area (Å²) >= 11 is 0. The van der Waals surface area contributed by atoms with Crippen LogP contribution in [0.25, 0.3) is 66.8 Å². The van der Waals surface area contributed by atoms with Gasteiger partial charge in [-0.25, -0.2) is 15.0 Å². The lowest BCUT2D eigenvalue weighted by Crippen LogP contribution is -2.00. The van der Waals surface area contributed by atoms with Crippen molar-refractivity contribution in [2.45, 2.75) is 0 Å². The van der Waals surface area contributed by atoms with E-state index in [0.717, 1.165) is 32.8 Å². The zero-order valence-electron chi connectivity index (χ0n) is 20.6. The molecule has 7 aromatic rings. The van der Waals surface area contributed by atoms with Crippen molar-refractivity contribution in [3.63, 3.8) is 0 Å². The first-order valence-corrected chi connectivity index (χ1v) is 12.7. The summed E-state index contributed by atoms with van der Waals surface area (Å²) in [5.74, 6) is 1.99. The normalized spacial score (nSPS) is 11.2. The molecule has 0 saturated carbocycles. The van der Waals surface area contributed by atoms with E-state index in [9.17, 15) is 0 Å². The summed E-state index contributed by atoms with van der Waals surface area (Å²) in [5, 5.41) is 4.61. The Morgan fingerprint density at radius 1 is 0.316 bits per heavy atom. The number of nitrogens with zero attached hydrogens (tertiary/aromatic N) is 3. The van der Waals surface area contributed by atoms with E-state index < -0.39 is 0 Å². The van der Waals surface area contributed by atoms with Crippen LogP contribution in [0.4, 0.5) is 0 Å². The Bertz CT molecular complexity index is 1910. The second kappa shape index (κ2) is 9.38. The Labute approximate surface area is 221 Å². The highest BCUT2D eigenvalue weighted by molar-refractivity contribution is 5.97. The van der Waals surface area contributed by atoms with Crippen LogP contribution >= 0.6 is 0 Å². The first-order valence-electron chi connectivity index (χ1n) is 12.7. The van der Waals surface area contributed by atoms with Crippen LogP contribution in [-0.2, 0) is 0 Å². The maximum absolute atomic E-state index is 5.01.